The van der Waals surface area contributed by atoms with Gasteiger partial charge in [0.2, 0.25) is 0 Å². The number of aromatic nitrogens is 1. The van der Waals surface area contributed by atoms with Crippen molar-refractivity contribution in [3.8, 4) is 0 Å². The summed E-state index contributed by atoms with van der Waals surface area (Å²) in [4.78, 5) is 26.6. The van der Waals surface area contributed by atoms with E-state index in [1.54, 1.807) is 18.2 Å². The van der Waals surface area contributed by atoms with Crippen molar-refractivity contribution in [3.05, 3.63) is 83.2 Å². The molecule has 0 aliphatic rings. The summed E-state index contributed by atoms with van der Waals surface area (Å²) in [5.41, 5.74) is 3.52. The summed E-state index contributed by atoms with van der Waals surface area (Å²) in [6.45, 7) is 6.00. The number of esters is 2. The van der Waals surface area contributed by atoms with Gasteiger partial charge >= 0.3 is 11.9 Å². The maximum absolute atomic E-state index is 13.0. The van der Waals surface area contributed by atoms with Crippen molar-refractivity contribution in [2.24, 2.45) is 0 Å². The number of carbonyl (C=O) groups is 2. The van der Waals surface area contributed by atoms with Crippen LogP contribution in [-0.2, 0) is 15.2 Å². The van der Waals surface area contributed by atoms with Crippen LogP contribution in [0.3, 0.4) is 0 Å². The first kappa shape index (κ1) is 22.0. The van der Waals surface area contributed by atoms with E-state index >= 15 is 0 Å². The van der Waals surface area contributed by atoms with Crippen LogP contribution >= 0.6 is 11.8 Å². The Kier molecular flexibility index (Phi) is 6.51. The minimum atomic E-state index is -0.456. The Morgan fingerprint density at radius 1 is 0.938 bits per heavy atom. The molecular formula is C26H25NO4S. The Morgan fingerprint density at radius 2 is 1.66 bits per heavy atom. The minimum Gasteiger partial charge on any atom is -0.462 e. The van der Waals surface area contributed by atoms with E-state index in [-0.39, 0.29) is 13.2 Å². The minimum absolute atomic E-state index is 0.250. The van der Waals surface area contributed by atoms with Gasteiger partial charge in [0.1, 0.15) is 5.69 Å². The molecule has 0 fully saturated rings. The first-order valence-electron chi connectivity index (χ1n) is 10.6. The highest BCUT2D eigenvalue weighted by molar-refractivity contribution is 7.98. The monoisotopic (exact) mass is 447 g/mol. The summed E-state index contributed by atoms with van der Waals surface area (Å²) < 4.78 is 12.5. The lowest BCUT2D eigenvalue weighted by Gasteiger charge is -2.09. The van der Waals surface area contributed by atoms with Crippen molar-refractivity contribution in [2.45, 2.75) is 31.4 Å². The molecule has 0 aliphatic carbocycles. The van der Waals surface area contributed by atoms with Gasteiger partial charge in [0.25, 0.3) is 0 Å². The highest BCUT2D eigenvalue weighted by Gasteiger charge is 2.29. The molecule has 0 aliphatic heterocycles. The van der Waals surface area contributed by atoms with E-state index in [4.69, 9.17) is 9.47 Å². The summed E-state index contributed by atoms with van der Waals surface area (Å²) in [6, 6.07) is 18.2. The number of rotatable bonds is 7. The molecule has 2 heterocycles. The van der Waals surface area contributed by atoms with E-state index in [9.17, 15) is 9.59 Å². The van der Waals surface area contributed by atoms with E-state index in [2.05, 4.69) is 24.3 Å². The number of fused-ring (bicyclic) bond motifs is 2. The normalized spacial score (nSPS) is 11.1. The number of pyridine rings is 1. The molecule has 2 aromatic heterocycles. The molecule has 0 bridgehead atoms. The molecule has 0 amide bonds. The zero-order valence-electron chi connectivity index (χ0n) is 18.4. The second-order valence-electron chi connectivity index (χ2n) is 7.38. The van der Waals surface area contributed by atoms with E-state index in [0.717, 1.165) is 21.9 Å². The van der Waals surface area contributed by atoms with Crippen molar-refractivity contribution >= 4 is 40.0 Å². The van der Waals surface area contributed by atoms with Crippen LogP contribution in [0, 0.1) is 6.92 Å². The van der Waals surface area contributed by atoms with Crippen LogP contribution in [0.4, 0.5) is 0 Å². The average molecular weight is 448 g/mol. The van der Waals surface area contributed by atoms with Gasteiger partial charge in [-0.3, -0.25) is 0 Å². The SMILES string of the molecule is CCOC(=O)c1c(SCc2cccc3ccccc23)c(C(=O)OCC)n2ccc(C)cc12. The number of aryl methyl sites for hydroxylation is 1. The number of benzene rings is 2. The molecule has 0 spiro atoms. The molecule has 6 heteroatoms. The lowest BCUT2D eigenvalue weighted by molar-refractivity contribution is 0.0514. The third-order valence-corrected chi connectivity index (χ3v) is 6.39. The Hall–Kier alpha value is -3.25. The predicted octanol–water partition coefficient (Wildman–Crippen LogP) is 6.05. The van der Waals surface area contributed by atoms with Gasteiger partial charge in [-0.25, -0.2) is 9.59 Å². The third kappa shape index (κ3) is 4.10. The van der Waals surface area contributed by atoms with Gasteiger partial charge in [-0.05, 0) is 54.8 Å². The van der Waals surface area contributed by atoms with Gasteiger partial charge in [-0.15, -0.1) is 11.8 Å². The number of ether oxygens (including phenoxy) is 2. The highest BCUT2D eigenvalue weighted by atomic mass is 32.2. The Morgan fingerprint density at radius 3 is 2.44 bits per heavy atom. The van der Waals surface area contributed by atoms with Crippen molar-refractivity contribution in [1.82, 2.24) is 4.40 Å². The summed E-state index contributed by atoms with van der Waals surface area (Å²) >= 11 is 1.46. The molecule has 0 N–H and O–H groups in total. The van der Waals surface area contributed by atoms with Crippen LogP contribution in [0.2, 0.25) is 0 Å². The van der Waals surface area contributed by atoms with Crippen LogP contribution in [-0.4, -0.2) is 29.6 Å². The summed E-state index contributed by atoms with van der Waals surface area (Å²) in [5, 5.41) is 2.30. The lowest BCUT2D eigenvalue weighted by atomic mass is 10.1. The van der Waals surface area contributed by atoms with Gasteiger partial charge in [0.15, 0.2) is 0 Å². The molecule has 0 saturated heterocycles. The largest absolute Gasteiger partial charge is 0.462 e. The standard InChI is InChI=1S/C26H25NO4S/c1-4-30-25(28)22-21-15-17(3)13-14-27(21)23(26(29)31-5-2)24(22)32-16-19-11-8-10-18-9-6-7-12-20(18)19/h6-15H,4-5,16H2,1-3H3. The van der Waals surface area contributed by atoms with Gasteiger partial charge in [0, 0.05) is 11.9 Å². The van der Waals surface area contributed by atoms with E-state index in [1.165, 1.54) is 11.8 Å². The number of hydrogen-bond donors (Lipinski definition) is 0. The van der Waals surface area contributed by atoms with Crippen LogP contribution in [0.1, 0.15) is 45.8 Å². The van der Waals surface area contributed by atoms with Crippen LogP contribution < -0.4 is 0 Å². The fourth-order valence-corrected chi connectivity index (χ4v) is 5.04. The summed E-state index contributed by atoms with van der Waals surface area (Å²) in [5.74, 6) is -0.301. The Labute approximate surface area is 191 Å². The second kappa shape index (κ2) is 9.49. The van der Waals surface area contributed by atoms with E-state index in [1.807, 2.05) is 43.5 Å². The van der Waals surface area contributed by atoms with E-state index < -0.39 is 11.9 Å². The van der Waals surface area contributed by atoms with Gasteiger partial charge in [0.05, 0.1) is 29.2 Å². The Balaban J connectivity index is 1.87. The van der Waals surface area contributed by atoms with Gasteiger partial charge in [-0.1, -0.05) is 42.5 Å². The molecule has 0 radical (unpaired) electrons. The molecule has 164 valence electrons. The topological polar surface area (TPSA) is 57.0 Å². The molecule has 4 rings (SSSR count). The third-order valence-electron chi connectivity index (χ3n) is 5.25. The van der Waals surface area contributed by atoms with Crippen molar-refractivity contribution in [2.75, 3.05) is 13.2 Å². The molecule has 0 saturated carbocycles. The first-order valence-corrected chi connectivity index (χ1v) is 11.6. The number of thioether (sulfide) groups is 1. The molecule has 0 atom stereocenters. The zero-order valence-corrected chi connectivity index (χ0v) is 19.2. The molecule has 5 nitrogen and oxygen atoms in total. The van der Waals surface area contributed by atoms with Gasteiger partial charge < -0.3 is 13.9 Å². The van der Waals surface area contributed by atoms with E-state index in [0.29, 0.717) is 27.4 Å². The van der Waals surface area contributed by atoms with Gasteiger partial charge in [-0.2, -0.15) is 0 Å². The van der Waals surface area contributed by atoms with Crippen molar-refractivity contribution in [1.29, 1.82) is 0 Å². The smallest absolute Gasteiger partial charge is 0.356 e. The van der Waals surface area contributed by atoms with Crippen LogP contribution in [0.15, 0.2) is 65.7 Å². The maximum atomic E-state index is 13.0. The predicted molar refractivity (Wildman–Crippen MR) is 128 cm³/mol. The zero-order chi connectivity index (χ0) is 22.7. The van der Waals surface area contributed by atoms with Crippen LogP contribution in [0.25, 0.3) is 16.3 Å². The summed E-state index contributed by atoms with van der Waals surface area (Å²) in [7, 11) is 0. The van der Waals surface area contributed by atoms with Crippen LogP contribution in [0.5, 0.6) is 0 Å². The molecule has 2 aromatic carbocycles. The maximum Gasteiger partial charge on any atom is 0.356 e. The number of nitrogens with zero attached hydrogens (tertiary/aromatic N) is 1. The molecule has 0 unspecified atom stereocenters. The molecular weight excluding hydrogens is 422 g/mol. The lowest BCUT2D eigenvalue weighted by Crippen LogP contribution is -2.10. The molecule has 4 aromatic rings. The molecule has 32 heavy (non-hydrogen) atoms. The first-order chi connectivity index (χ1) is 15.5. The summed E-state index contributed by atoms with van der Waals surface area (Å²) in [6.07, 6.45) is 1.81. The highest BCUT2D eigenvalue weighted by Crippen LogP contribution is 2.37. The fourth-order valence-electron chi connectivity index (χ4n) is 3.84. The average Bonchev–Trinajstić information content (AvgIpc) is 3.11. The number of hydrogen-bond acceptors (Lipinski definition) is 5. The number of carbonyl (C=O) groups excluding carboxylic acids is 2. The van der Waals surface area contributed by atoms with Crippen molar-refractivity contribution < 1.29 is 19.1 Å². The van der Waals surface area contributed by atoms with Crippen molar-refractivity contribution in [3.63, 3.8) is 0 Å². The fraction of sp³-hybridized carbons (Fsp3) is 0.231. The Bertz CT molecular complexity index is 1300. The quantitative estimate of drug-likeness (QED) is 0.255. The second-order valence-corrected chi connectivity index (χ2v) is 8.37.